The van der Waals surface area contributed by atoms with E-state index in [1.54, 1.807) is 10.7 Å². The van der Waals surface area contributed by atoms with E-state index in [4.69, 9.17) is 4.74 Å². The summed E-state index contributed by atoms with van der Waals surface area (Å²) in [4.78, 5) is 24.3. The third-order valence-electron chi connectivity index (χ3n) is 5.69. The second kappa shape index (κ2) is 7.28. The van der Waals surface area contributed by atoms with Gasteiger partial charge in [-0.1, -0.05) is 0 Å². The van der Waals surface area contributed by atoms with Gasteiger partial charge in [-0.2, -0.15) is 5.10 Å². The quantitative estimate of drug-likeness (QED) is 0.889. The summed E-state index contributed by atoms with van der Waals surface area (Å²) in [5.74, 6) is 0.654. The number of hydrogen-bond acceptors (Lipinski definition) is 4. The van der Waals surface area contributed by atoms with E-state index >= 15 is 0 Å². The van der Waals surface area contributed by atoms with Crippen LogP contribution in [0, 0.1) is 0 Å². The Morgan fingerprint density at radius 3 is 2.64 bits per heavy atom. The van der Waals surface area contributed by atoms with Gasteiger partial charge >= 0.3 is 0 Å². The number of nitrogens with zero attached hydrogens (tertiary/aromatic N) is 2. The summed E-state index contributed by atoms with van der Waals surface area (Å²) in [7, 11) is 0. The molecule has 1 unspecified atom stereocenters. The number of carbonyl (C=O) groups is 1. The van der Waals surface area contributed by atoms with Crippen LogP contribution in [0.2, 0.25) is 0 Å². The third-order valence-corrected chi connectivity index (χ3v) is 5.69. The van der Waals surface area contributed by atoms with Gasteiger partial charge in [-0.15, -0.1) is 0 Å². The lowest BCUT2D eigenvalue weighted by Gasteiger charge is -2.30. The van der Waals surface area contributed by atoms with Crippen LogP contribution in [-0.4, -0.2) is 34.4 Å². The molecular weight excluding hydrogens is 318 g/mol. The van der Waals surface area contributed by atoms with Crippen molar-refractivity contribution < 1.29 is 9.53 Å². The Labute approximate surface area is 147 Å². The summed E-state index contributed by atoms with van der Waals surface area (Å²) in [6.45, 7) is 0.782. The molecule has 136 valence electrons. The van der Waals surface area contributed by atoms with Crippen LogP contribution in [0.5, 0.6) is 0 Å². The molecule has 1 saturated heterocycles. The average Bonchev–Trinajstić information content (AvgIpc) is 3.34. The fourth-order valence-corrected chi connectivity index (χ4v) is 4.06. The van der Waals surface area contributed by atoms with Crippen LogP contribution in [0.25, 0.3) is 0 Å². The van der Waals surface area contributed by atoms with Crippen molar-refractivity contribution in [2.24, 2.45) is 0 Å². The molecule has 0 aromatic carbocycles. The molecule has 6 heteroatoms. The molecule has 0 radical (unpaired) electrons. The second-order valence-electron chi connectivity index (χ2n) is 7.73. The molecule has 6 nitrogen and oxygen atoms in total. The van der Waals surface area contributed by atoms with Crippen LogP contribution in [0.3, 0.4) is 0 Å². The number of hydrogen-bond donors (Lipinski definition) is 1. The Balaban J connectivity index is 1.30. The molecule has 1 atom stereocenters. The lowest BCUT2D eigenvalue weighted by Crippen LogP contribution is -2.40. The van der Waals surface area contributed by atoms with Crippen molar-refractivity contribution >= 4 is 5.91 Å². The van der Waals surface area contributed by atoms with E-state index in [0.29, 0.717) is 12.3 Å². The molecule has 1 amide bonds. The predicted octanol–water partition coefficient (Wildman–Crippen LogP) is 2.29. The van der Waals surface area contributed by atoms with Crippen LogP contribution in [0.1, 0.15) is 75.4 Å². The van der Waals surface area contributed by atoms with Gasteiger partial charge in [0.15, 0.2) is 0 Å². The maximum absolute atomic E-state index is 12.2. The molecule has 2 aliphatic carbocycles. The number of nitrogens with one attached hydrogen (secondary N) is 1. The molecule has 1 aromatic rings. The molecule has 1 aromatic heterocycles. The van der Waals surface area contributed by atoms with Crippen LogP contribution in [0.15, 0.2) is 16.9 Å². The van der Waals surface area contributed by atoms with Gasteiger partial charge in [0.1, 0.15) is 0 Å². The zero-order valence-corrected chi connectivity index (χ0v) is 14.7. The molecule has 3 fully saturated rings. The average molecular weight is 345 g/mol. The van der Waals surface area contributed by atoms with Gasteiger partial charge in [0.2, 0.25) is 5.91 Å². The molecule has 25 heavy (non-hydrogen) atoms. The van der Waals surface area contributed by atoms with Gasteiger partial charge in [0.05, 0.1) is 24.3 Å². The first-order chi connectivity index (χ1) is 12.2. The van der Waals surface area contributed by atoms with Crippen LogP contribution in [0.4, 0.5) is 0 Å². The largest absolute Gasteiger partial charge is 0.378 e. The fourth-order valence-electron chi connectivity index (χ4n) is 4.06. The summed E-state index contributed by atoms with van der Waals surface area (Å²) in [5.41, 5.74) is 1.06. The van der Waals surface area contributed by atoms with Crippen LogP contribution >= 0.6 is 0 Å². The Bertz CT molecular complexity index is 669. The highest BCUT2D eigenvalue weighted by Crippen LogP contribution is 2.38. The standard InChI is InChI=1S/C19H27N3O3/c23-18(12-16-2-1-11-25-16)20-14-5-7-15(8-6-14)22-19(24)10-9-17(21-22)13-3-4-13/h9-10,13-16H,1-8,11-12H2,(H,20,23). The van der Waals surface area contributed by atoms with Crippen LogP contribution < -0.4 is 10.9 Å². The van der Waals surface area contributed by atoms with E-state index in [2.05, 4.69) is 10.4 Å². The maximum atomic E-state index is 12.2. The summed E-state index contributed by atoms with van der Waals surface area (Å²) >= 11 is 0. The lowest BCUT2D eigenvalue weighted by molar-refractivity contribution is -0.124. The molecule has 2 heterocycles. The van der Waals surface area contributed by atoms with Gasteiger partial charge < -0.3 is 10.1 Å². The number of aromatic nitrogens is 2. The van der Waals surface area contributed by atoms with Crippen molar-refractivity contribution in [3.05, 3.63) is 28.2 Å². The summed E-state index contributed by atoms with van der Waals surface area (Å²) in [5, 5.41) is 7.76. The summed E-state index contributed by atoms with van der Waals surface area (Å²) in [6.07, 6.45) is 8.61. The lowest BCUT2D eigenvalue weighted by atomic mass is 9.91. The molecule has 4 rings (SSSR count). The van der Waals surface area contributed by atoms with Crippen molar-refractivity contribution in [2.75, 3.05) is 6.61 Å². The molecule has 1 aliphatic heterocycles. The Morgan fingerprint density at radius 2 is 1.96 bits per heavy atom. The van der Waals surface area contributed by atoms with E-state index in [9.17, 15) is 9.59 Å². The first-order valence-corrected chi connectivity index (χ1v) is 9.70. The highest BCUT2D eigenvalue weighted by atomic mass is 16.5. The number of carbonyl (C=O) groups excluding carboxylic acids is 1. The topological polar surface area (TPSA) is 73.2 Å². The number of rotatable bonds is 5. The highest BCUT2D eigenvalue weighted by Gasteiger charge is 2.29. The van der Waals surface area contributed by atoms with E-state index in [1.165, 1.54) is 12.8 Å². The van der Waals surface area contributed by atoms with Gasteiger partial charge in [0.25, 0.3) is 5.56 Å². The Morgan fingerprint density at radius 1 is 1.16 bits per heavy atom. The minimum Gasteiger partial charge on any atom is -0.378 e. The highest BCUT2D eigenvalue weighted by molar-refractivity contribution is 5.76. The van der Waals surface area contributed by atoms with E-state index in [0.717, 1.165) is 50.8 Å². The minimum atomic E-state index is -0.00438. The SMILES string of the molecule is O=C(CC1CCCO1)NC1CCC(n2nc(C3CC3)ccc2=O)CC1. The van der Waals surface area contributed by atoms with Crippen molar-refractivity contribution in [2.45, 2.75) is 81.9 Å². The molecule has 0 bridgehead atoms. The van der Waals surface area contributed by atoms with Gasteiger partial charge in [-0.25, -0.2) is 4.68 Å². The maximum Gasteiger partial charge on any atom is 0.267 e. The third kappa shape index (κ3) is 4.11. The zero-order valence-electron chi connectivity index (χ0n) is 14.7. The second-order valence-corrected chi connectivity index (χ2v) is 7.73. The fraction of sp³-hybridized carbons (Fsp3) is 0.737. The van der Waals surface area contributed by atoms with Crippen molar-refractivity contribution in [1.29, 1.82) is 0 Å². The monoisotopic (exact) mass is 345 g/mol. The Kier molecular flexibility index (Phi) is 4.88. The molecule has 2 saturated carbocycles. The first kappa shape index (κ1) is 16.8. The van der Waals surface area contributed by atoms with E-state index < -0.39 is 0 Å². The summed E-state index contributed by atoms with van der Waals surface area (Å²) < 4.78 is 7.22. The Hall–Kier alpha value is -1.69. The van der Waals surface area contributed by atoms with Crippen molar-refractivity contribution in [3.8, 4) is 0 Å². The smallest absolute Gasteiger partial charge is 0.267 e. The molecule has 0 spiro atoms. The minimum absolute atomic E-state index is 0.00438. The van der Waals surface area contributed by atoms with Gasteiger partial charge in [0, 0.05) is 24.6 Å². The number of ether oxygens (including phenoxy) is 1. The van der Waals surface area contributed by atoms with Gasteiger partial charge in [-0.3, -0.25) is 9.59 Å². The molecule has 3 aliphatic rings. The van der Waals surface area contributed by atoms with Crippen LogP contribution in [-0.2, 0) is 9.53 Å². The van der Waals surface area contributed by atoms with Gasteiger partial charge in [-0.05, 0) is 57.4 Å². The van der Waals surface area contributed by atoms with E-state index in [1.807, 2.05) is 6.07 Å². The molecular formula is C19H27N3O3. The predicted molar refractivity (Wildman–Crippen MR) is 93.5 cm³/mol. The van der Waals surface area contributed by atoms with E-state index in [-0.39, 0.29) is 29.7 Å². The molecule has 1 N–H and O–H groups in total. The zero-order chi connectivity index (χ0) is 17.2. The summed E-state index contributed by atoms with van der Waals surface area (Å²) in [6, 6.07) is 3.92. The normalized spacial score (nSPS) is 29.5. The first-order valence-electron chi connectivity index (χ1n) is 9.70. The number of amides is 1. The van der Waals surface area contributed by atoms with Crippen molar-refractivity contribution in [3.63, 3.8) is 0 Å². The van der Waals surface area contributed by atoms with Crippen molar-refractivity contribution in [1.82, 2.24) is 15.1 Å².